The molecule has 1 aromatic carbocycles. The smallest absolute Gasteiger partial charge is 0.337 e. The SMILES string of the molecule is C/C=C/C=C/COC(=O)C1=C(C)NC(C)=C(C(=O)OCc2ccccc2)C1c1ccco1. The standard InChI is InChI=1S/C26H27NO5/c1-4-5-6-10-15-31-25(28)22-18(2)27-19(3)23(24(22)21-14-11-16-30-21)26(29)32-17-20-12-8-7-9-13-20/h4-14,16,24,27H,15,17H2,1-3H3/b5-4+,10-6+. The Morgan fingerprint density at radius 1 is 0.969 bits per heavy atom. The number of ether oxygens (including phenoxy) is 2. The highest BCUT2D eigenvalue weighted by Gasteiger charge is 2.39. The van der Waals surface area contributed by atoms with Crippen molar-refractivity contribution < 1.29 is 23.5 Å². The first kappa shape index (κ1) is 22.9. The van der Waals surface area contributed by atoms with Crippen LogP contribution in [0.1, 0.15) is 38.0 Å². The minimum absolute atomic E-state index is 0.112. The third kappa shape index (κ3) is 5.46. The molecule has 1 unspecified atom stereocenters. The average Bonchev–Trinajstić information content (AvgIpc) is 3.32. The molecule has 1 aliphatic rings. The lowest BCUT2D eigenvalue weighted by Gasteiger charge is -2.29. The molecule has 0 aliphatic carbocycles. The molecular weight excluding hydrogens is 406 g/mol. The molecule has 6 heteroatoms. The molecule has 0 spiro atoms. The van der Waals surface area contributed by atoms with Crippen LogP contribution in [-0.4, -0.2) is 18.5 Å². The monoisotopic (exact) mass is 433 g/mol. The molecule has 2 aromatic rings. The van der Waals surface area contributed by atoms with Crippen LogP contribution in [0.3, 0.4) is 0 Å². The van der Waals surface area contributed by atoms with Crippen molar-refractivity contribution in [2.75, 3.05) is 6.61 Å². The van der Waals surface area contributed by atoms with Crippen molar-refractivity contribution in [3.05, 3.63) is 107 Å². The first-order valence-electron chi connectivity index (χ1n) is 10.4. The lowest BCUT2D eigenvalue weighted by atomic mass is 9.83. The van der Waals surface area contributed by atoms with Crippen molar-refractivity contribution >= 4 is 11.9 Å². The van der Waals surface area contributed by atoms with Gasteiger partial charge in [0.05, 0.1) is 23.3 Å². The van der Waals surface area contributed by atoms with Gasteiger partial charge in [0.2, 0.25) is 0 Å². The summed E-state index contributed by atoms with van der Waals surface area (Å²) in [6.07, 6.45) is 8.77. The van der Waals surface area contributed by atoms with E-state index in [2.05, 4.69) is 5.32 Å². The van der Waals surface area contributed by atoms with Crippen molar-refractivity contribution in [1.29, 1.82) is 0 Å². The van der Waals surface area contributed by atoms with E-state index in [1.807, 2.05) is 49.4 Å². The van der Waals surface area contributed by atoms with Gasteiger partial charge in [-0.3, -0.25) is 0 Å². The molecule has 0 radical (unpaired) electrons. The minimum Gasteiger partial charge on any atom is -0.468 e. The van der Waals surface area contributed by atoms with Crippen LogP contribution >= 0.6 is 0 Å². The van der Waals surface area contributed by atoms with Gasteiger partial charge in [-0.15, -0.1) is 0 Å². The Hall–Kier alpha value is -3.80. The van der Waals surface area contributed by atoms with Gasteiger partial charge in [-0.05, 0) is 44.5 Å². The predicted octanol–water partition coefficient (Wildman–Crippen LogP) is 4.93. The number of rotatable bonds is 8. The maximum Gasteiger partial charge on any atom is 0.337 e. The van der Waals surface area contributed by atoms with Gasteiger partial charge in [0, 0.05) is 11.4 Å². The number of nitrogens with one attached hydrogen (secondary N) is 1. The molecule has 1 aliphatic heterocycles. The number of furan rings is 1. The maximum atomic E-state index is 13.1. The van der Waals surface area contributed by atoms with Crippen LogP contribution in [0.15, 0.2) is 100.0 Å². The fourth-order valence-corrected chi connectivity index (χ4v) is 3.52. The van der Waals surface area contributed by atoms with Gasteiger partial charge in [-0.25, -0.2) is 9.59 Å². The van der Waals surface area contributed by atoms with E-state index in [9.17, 15) is 9.59 Å². The van der Waals surface area contributed by atoms with Gasteiger partial charge in [0.1, 0.15) is 19.0 Å². The summed E-state index contributed by atoms with van der Waals surface area (Å²) in [7, 11) is 0. The van der Waals surface area contributed by atoms with E-state index < -0.39 is 17.9 Å². The zero-order valence-electron chi connectivity index (χ0n) is 18.5. The van der Waals surface area contributed by atoms with Crippen molar-refractivity contribution in [3.63, 3.8) is 0 Å². The molecule has 1 aromatic heterocycles. The molecular formula is C26H27NO5. The summed E-state index contributed by atoms with van der Waals surface area (Å²) in [5.41, 5.74) is 2.71. The van der Waals surface area contributed by atoms with E-state index in [4.69, 9.17) is 13.9 Å². The zero-order valence-corrected chi connectivity index (χ0v) is 18.5. The zero-order chi connectivity index (χ0) is 22.9. The van der Waals surface area contributed by atoms with E-state index in [1.54, 1.807) is 38.1 Å². The summed E-state index contributed by atoms with van der Waals surface area (Å²) in [6.45, 7) is 5.69. The predicted molar refractivity (Wildman–Crippen MR) is 121 cm³/mol. The number of carbonyl (C=O) groups excluding carboxylic acids is 2. The third-order valence-corrected chi connectivity index (χ3v) is 4.99. The Morgan fingerprint density at radius 3 is 2.28 bits per heavy atom. The summed E-state index contributed by atoms with van der Waals surface area (Å²) >= 11 is 0. The molecule has 1 atom stereocenters. The van der Waals surface area contributed by atoms with Crippen LogP contribution in [-0.2, 0) is 25.7 Å². The van der Waals surface area contributed by atoms with E-state index in [0.717, 1.165) is 5.56 Å². The summed E-state index contributed by atoms with van der Waals surface area (Å²) in [6, 6.07) is 12.9. The second-order valence-electron chi connectivity index (χ2n) is 7.26. The van der Waals surface area contributed by atoms with Crippen LogP contribution in [0, 0.1) is 0 Å². The Labute approximate surface area is 187 Å². The summed E-state index contributed by atoms with van der Waals surface area (Å²) < 4.78 is 16.6. The fourth-order valence-electron chi connectivity index (χ4n) is 3.52. The molecule has 32 heavy (non-hydrogen) atoms. The summed E-state index contributed by atoms with van der Waals surface area (Å²) in [4.78, 5) is 26.2. The van der Waals surface area contributed by atoms with Gasteiger partial charge < -0.3 is 19.2 Å². The lowest BCUT2D eigenvalue weighted by molar-refractivity contribution is -0.141. The normalized spacial score (nSPS) is 16.5. The quantitative estimate of drug-likeness (QED) is 0.470. The number of hydrogen-bond donors (Lipinski definition) is 1. The van der Waals surface area contributed by atoms with Crippen LogP contribution in [0.2, 0.25) is 0 Å². The second-order valence-corrected chi connectivity index (χ2v) is 7.26. The number of esters is 2. The first-order valence-corrected chi connectivity index (χ1v) is 10.4. The van der Waals surface area contributed by atoms with E-state index >= 15 is 0 Å². The molecule has 6 nitrogen and oxygen atoms in total. The molecule has 0 amide bonds. The van der Waals surface area contributed by atoms with Gasteiger partial charge in [0.15, 0.2) is 0 Å². The number of dihydropyridines is 1. The molecule has 166 valence electrons. The van der Waals surface area contributed by atoms with Crippen LogP contribution < -0.4 is 5.32 Å². The number of hydrogen-bond acceptors (Lipinski definition) is 6. The summed E-state index contributed by atoms with van der Waals surface area (Å²) in [5, 5.41) is 3.13. The van der Waals surface area contributed by atoms with Crippen molar-refractivity contribution in [1.82, 2.24) is 5.32 Å². The molecule has 0 bridgehead atoms. The number of carbonyl (C=O) groups is 2. The van der Waals surface area contributed by atoms with Crippen molar-refractivity contribution in [2.24, 2.45) is 0 Å². The second kappa shape index (κ2) is 11.0. The highest BCUT2D eigenvalue weighted by molar-refractivity contribution is 5.99. The topological polar surface area (TPSA) is 77.8 Å². The summed E-state index contributed by atoms with van der Waals surface area (Å²) in [5.74, 6) is -1.32. The Balaban J connectivity index is 1.86. The van der Waals surface area contributed by atoms with Gasteiger partial charge in [0.25, 0.3) is 0 Å². The van der Waals surface area contributed by atoms with E-state index in [0.29, 0.717) is 28.3 Å². The van der Waals surface area contributed by atoms with Gasteiger partial charge in [-0.2, -0.15) is 0 Å². The van der Waals surface area contributed by atoms with Crippen LogP contribution in [0.4, 0.5) is 0 Å². The van der Waals surface area contributed by atoms with Gasteiger partial charge >= 0.3 is 11.9 Å². The molecule has 0 saturated heterocycles. The molecule has 2 heterocycles. The first-order chi connectivity index (χ1) is 15.5. The molecule has 3 rings (SSSR count). The van der Waals surface area contributed by atoms with Crippen molar-refractivity contribution in [3.8, 4) is 0 Å². The van der Waals surface area contributed by atoms with Crippen molar-refractivity contribution in [2.45, 2.75) is 33.3 Å². The Morgan fingerprint density at radius 2 is 1.66 bits per heavy atom. The van der Waals surface area contributed by atoms with Crippen LogP contribution in [0.25, 0.3) is 0 Å². The lowest BCUT2D eigenvalue weighted by Crippen LogP contribution is -2.32. The molecule has 1 N–H and O–H groups in total. The highest BCUT2D eigenvalue weighted by Crippen LogP contribution is 2.39. The minimum atomic E-state index is -0.735. The Bertz CT molecular complexity index is 1060. The number of benzene rings is 1. The number of allylic oxidation sites excluding steroid dienone is 5. The van der Waals surface area contributed by atoms with E-state index in [1.165, 1.54) is 6.26 Å². The van der Waals surface area contributed by atoms with E-state index in [-0.39, 0.29) is 13.2 Å². The Kier molecular flexibility index (Phi) is 7.86. The third-order valence-electron chi connectivity index (χ3n) is 4.99. The largest absolute Gasteiger partial charge is 0.468 e. The fraction of sp³-hybridized carbons (Fsp3) is 0.231. The molecule has 0 fully saturated rings. The average molecular weight is 434 g/mol. The maximum absolute atomic E-state index is 13.1. The van der Waals surface area contributed by atoms with Crippen LogP contribution in [0.5, 0.6) is 0 Å². The molecule has 0 saturated carbocycles. The highest BCUT2D eigenvalue weighted by atomic mass is 16.5. The van der Waals surface area contributed by atoms with Gasteiger partial charge in [-0.1, -0.05) is 48.6 Å².